The Balaban J connectivity index is 2.37. The maximum Gasteiger partial charge on any atom is 0.181 e. The molecule has 0 bridgehead atoms. The molecule has 2 aromatic rings. The van der Waals surface area contributed by atoms with Gasteiger partial charge < -0.3 is 4.42 Å². The van der Waals surface area contributed by atoms with Crippen LogP contribution in [0.2, 0.25) is 0 Å². The van der Waals surface area contributed by atoms with Crippen LogP contribution in [0.4, 0.5) is 0 Å². The monoisotopic (exact) mass is 230 g/mol. The molecule has 3 nitrogen and oxygen atoms in total. The van der Waals surface area contributed by atoms with Crippen molar-refractivity contribution in [1.82, 2.24) is 9.97 Å². The highest BCUT2D eigenvalue weighted by Gasteiger charge is 2.18. The van der Waals surface area contributed by atoms with Gasteiger partial charge >= 0.3 is 0 Å². The number of aryl methyl sites for hydroxylation is 1. The summed E-state index contributed by atoms with van der Waals surface area (Å²) in [6.07, 6.45) is 6.06. The summed E-state index contributed by atoms with van der Waals surface area (Å²) in [5.74, 6) is 0.844. The summed E-state index contributed by atoms with van der Waals surface area (Å²) in [6.45, 7) is 8.61. The maximum atomic E-state index is 5.50. The highest BCUT2D eigenvalue weighted by molar-refractivity contribution is 5.59. The summed E-state index contributed by atoms with van der Waals surface area (Å²) in [6, 6.07) is 2.07. The van der Waals surface area contributed by atoms with Gasteiger partial charge in [-0.1, -0.05) is 20.8 Å². The van der Waals surface area contributed by atoms with Crippen molar-refractivity contribution in [2.24, 2.45) is 5.41 Å². The SMILES string of the molecule is Cc1cncc(-c2ocnc2CC(C)(C)C)c1. The molecule has 0 saturated carbocycles. The van der Waals surface area contributed by atoms with Gasteiger partial charge in [0.2, 0.25) is 0 Å². The molecule has 0 fully saturated rings. The summed E-state index contributed by atoms with van der Waals surface area (Å²) in [7, 11) is 0. The molecule has 0 unspecified atom stereocenters. The van der Waals surface area contributed by atoms with Crippen molar-refractivity contribution in [2.45, 2.75) is 34.1 Å². The lowest BCUT2D eigenvalue weighted by molar-refractivity contribution is 0.406. The fourth-order valence-corrected chi connectivity index (χ4v) is 1.81. The van der Waals surface area contributed by atoms with Crippen molar-refractivity contribution in [2.75, 3.05) is 0 Å². The summed E-state index contributed by atoms with van der Waals surface area (Å²) >= 11 is 0. The molecule has 90 valence electrons. The standard InChI is InChI=1S/C14H18N2O/c1-10-5-11(8-15-7-10)13-12(16-9-17-13)6-14(2,3)4/h5,7-9H,6H2,1-4H3. The number of hydrogen-bond acceptors (Lipinski definition) is 3. The van der Waals surface area contributed by atoms with Gasteiger partial charge in [0, 0.05) is 18.0 Å². The Kier molecular flexibility index (Phi) is 3.01. The zero-order chi connectivity index (χ0) is 12.5. The number of hydrogen-bond donors (Lipinski definition) is 0. The van der Waals surface area contributed by atoms with E-state index in [1.165, 1.54) is 6.39 Å². The first-order valence-corrected chi connectivity index (χ1v) is 5.80. The van der Waals surface area contributed by atoms with E-state index in [4.69, 9.17) is 4.42 Å². The number of nitrogens with zero attached hydrogens (tertiary/aromatic N) is 2. The smallest absolute Gasteiger partial charge is 0.181 e. The van der Waals surface area contributed by atoms with Crippen LogP contribution in [-0.2, 0) is 6.42 Å². The van der Waals surface area contributed by atoms with Crippen LogP contribution in [-0.4, -0.2) is 9.97 Å². The third kappa shape index (κ3) is 2.93. The van der Waals surface area contributed by atoms with Crippen LogP contribution in [0.5, 0.6) is 0 Å². The molecule has 0 spiro atoms. The van der Waals surface area contributed by atoms with Crippen molar-refractivity contribution in [1.29, 1.82) is 0 Å². The lowest BCUT2D eigenvalue weighted by Crippen LogP contribution is -2.10. The van der Waals surface area contributed by atoms with Gasteiger partial charge in [-0.15, -0.1) is 0 Å². The van der Waals surface area contributed by atoms with Gasteiger partial charge in [-0.05, 0) is 30.4 Å². The minimum atomic E-state index is 0.197. The van der Waals surface area contributed by atoms with E-state index in [-0.39, 0.29) is 5.41 Å². The average Bonchev–Trinajstić information content (AvgIpc) is 2.63. The molecule has 2 heterocycles. The van der Waals surface area contributed by atoms with E-state index in [1.54, 1.807) is 0 Å². The lowest BCUT2D eigenvalue weighted by Gasteiger charge is -2.16. The zero-order valence-corrected chi connectivity index (χ0v) is 10.8. The van der Waals surface area contributed by atoms with Gasteiger partial charge in [0.05, 0.1) is 5.69 Å². The molecule has 2 rings (SSSR count). The van der Waals surface area contributed by atoms with Gasteiger partial charge in [0.15, 0.2) is 12.2 Å². The Bertz CT molecular complexity index is 509. The van der Waals surface area contributed by atoms with Gasteiger partial charge in [-0.2, -0.15) is 0 Å². The van der Waals surface area contributed by atoms with Gasteiger partial charge in [-0.3, -0.25) is 4.98 Å². The second-order valence-corrected chi connectivity index (χ2v) is 5.62. The van der Waals surface area contributed by atoms with Crippen LogP contribution in [0.1, 0.15) is 32.0 Å². The number of rotatable bonds is 2. The Morgan fingerprint density at radius 2 is 2.00 bits per heavy atom. The second kappa shape index (κ2) is 4.32. The first-order chi connectivity index (χ1) is 7.96. The molecule has 0 aliphatic rings. The summed E-state index contributed by atoms with van der Waals surface area (Å²) < 4.78 is 5.50. The molecule has 0 atom stereocenters. The summed E-state index contributed by atoms with van der Waals surface area (Å²) in [5, 5.41) is 0. The fourth-order valence-electron chi connectivity index (χ4n) is 1.81. The van der Waals surface area contributed by atoms with Crippen LogP contribution < -0.4 is 0 Å². The van der Waals surface area contributed by atoms with Gasteiger partial charge in [0.1, 0.15) is 0 Å². The molecule has 0 aromatic carbocycles. The van der Waals surface area contributed by atoms with E-state index in [0.29, 0.717) is 0 Å². The minimum absolute atomic E-state index is 0.197. The van der Waals surface area contributed by atoms with Gasteiger partial charge in [-0.25, -0.2) is 4.98 Å². The maximum absolute atomic E-state index is 5.50. The van der Waals surface area contributed by atoms with Gasteiger partial charge in [0.25, 0.3) is 0 Å². The summed E-state index contributed by atoms with van der Waals surface area (Å²) in [4.78, 5) is 8.50. The Morgan fingerprint density at radius 1 is 1.24 bits per heavy atom. The first kappa shape index (κ1) is 11.8. The zero-order valence-electron chi connectivity index (χ0n) is 10.8. The van der Waals surface area contributed by atoms with E-state index in [1.807, 2.05) is 19.3 Å². The van der Waals surface area contributed by atoms with Crippen molar-refractivity contribution >= 4 is 0 Å². The predicted octanol–water partition coefficient (Wildman–Crippen LogP) is 3.63. The van der Waals surface area contributed by atoms with Crippen molar-refractivity contribution in [3.8, 4) is 11.3 Å². The normalized spacial score (nSPS) is 11.8. The molecular weight excluding hydrogens is 212 g/mol. The molecule has 0 amide bonds. The van der Waals surface area contributed by atoms with Crippen LogP contribution in [0, 0.1) is 12.3 Å². The number of pyridine rings is 1. The van der Waals surface area contributed by atoms with E-state index >= 15 is 0 Å². The first-order valence-electron chi connectivity index (χ1n) is 5.80. The lowest BCUT2D eigenvalue weighted by atomic mass is 9.89. The topological polar surface area (TPSA) is 38.9 Å². The van der Waals surface area contributed by atoms with Crippen LogP contribution in [0.25, 0.3) is 11.3 Å². The van der Waals surface area contributed by atoms with E-state index in [0.717, 1.165) is 29.0 Å². The number of aromatic nitrogens is 2. The highest BCUT2D eigenvalue weighted by atomic mass is 16.3. The highest BCUT2D eigenvalue weighted by Crippen LogP contribution is 2.28. The van der Waals surface area contributed by atoms with Crippen LogP contribution in [0.15, 0.2) is 29.3 Å². The van der Waals surface area contributed by atoms with Crippen molar-refractivity contribution in [3.05, 3.63) is 36.1 Å². The van der Waals surface area contributed by atoms with Crippen LogP contribution in [0.3, 0.4) is 0 Å². The fraction of sp³-hybridized carbons (Fsp3) is 0.429. The third-order valence-electron chi connectivity index (χ3n) is 2.48. The molecule has 0 radical (unpaired) electrons. The Labute approximate surface area is 102 Å². The third-order valence-corrected chi connectivity index (χ3v) is 2.48. The molecular formula is C14H18N2O. The van der Waals surface area contributed by atoms with Crippen LogP contribution >= 0.6 is 0 Å². The van der Waals surface area contributed by atoms with E-state index in [2.05, 4.69) is 36.8 Å². The predicted molar refractivity (Wildman–Crippen MR) is 67.6 cm³/mol. The quantitative estimate of drug-likeness (QED) is 0.790. The van der Waals surface area contributed by atoms with E-state index in [9.17, 15) is 0 Å². The van der Waals surface area contributed by atoms with Crippen molar-refractivity contribution < 1.29 is 4.42 Å². The van der Waals surface area contributed by atoms with E-state index < -0.39 is 0 Å². The average molecular weight is 230 g/mol. The Hall–Kier alpha value is -1.64. The molecule has 17 heavy (non-hydrogen) atoms. The molecule has 0 saturated heterocycles. The molecule has 0 aliphatic carbocycles. The van der Waals surface area contributed by atoms with Crippen molar-refractivity contribution in [3.63, 3.8) is 0 Å². The minimum Gasteiger partial charge on any atom is -0.443 e. The molecule has 0 aliphatic heterocycles. The second-order valence-electron chi connectivity index (χ2n) is 5.62. The molecule has 3 heteroatoms. The molecule has 0 N–H and O–H groups in total. The number of oxazole rings is 1. The Morgan fingerprint density at radius 3 is 2.65 bits per heavy atom. The summed E-state index contributed by atoms with van der Waals surface area (Å²) in [5.41, 5.74) is 3.33. The molecule has 2 aromatic heterocycles. The largest absolute Gasteiger partial charge is 0.443 e.